The van der Waals surface area contributed by atoms with Crippen LogP contribution in [0.2, 0.25) is 0 Å². The van der Waals surface area contributed by atoms with E-state index < -0.39 is 0 Å². The highest BCUT2D eigenvalue weighted by molar-refractivity contribution is 7.12. The van der Waals surface area contributed by atoms with E-state index >= 15 is 0 Å². The highest BCUT2D eigenvalue weighted by atomic mass is 32.1. The first-order chi connectivity index (χ1) is 6.22. The number of rotatable bonds is 3. The third-order valence-corrected chi connectivity index (χ3v) is 4.42. The summed E-state index contributed by atoms with van der Waals surface area (Å²) in [6.07, 6.45) is 3.57. The van der Waals surface area contributed by atoms with Crippen molar-refractivity contribution in [2.45, 2.75) is 38.5 Å². The standard InChI is InChI=1S/C10H16N2S/c1-3-8-12-7(2)9(13-8)10(6-11)4-5-10/h3-6,11H2,1-2H3. The van der Waals surface area contributed by atoms with Crippen LogP contribution >= 0.6 is 11.3 Å². The first-order valence-electron chi connectivity index (χ1n) is 4.89. The van der Waals surface area contributed by atoms with Crippen LogP contribution < -0.4 is 5.73 Å². The third kappa shape index (κ3) is 1.40. The zero-order chi connectivity index (χ0) is 9.47. The van der Waals surface area contributed by atoms with Gasteiger partial charge in [0.05, 0.1) is 10.7 Å². The molecular formula is C10H16N2S. The fraction of sp³-hybridized carbons (Fsp3) is 0.700. The van der Waals surface area contributed by atoms with Crippen molar-refractivity contribution in [2.24, 2.45) is 5.73 Å². The van der Waals surface area contributed by atoms with E-state index in [0.717, 1.165) is 13.0 Å². The fourth-order valence-corrected chi connectivity index (χ4v) is 3.03. The molecule has 1 aliphatic rings. The summed E-state index contributed by atoms with van der Waals surface area (Å²) in [4.78, 5) is 6.00. The highest BCUT2D eigenvalue weighted by Gasteiger charge is 2.45. The Hall–Kier alpha value is -0.410. The van der Waals surface area contributed by atoms with E-state index in [1.165, 1.54) is 28.4 Å². The maximum absolute atomic E-state index is 5.80. The number of aromatic nitrogens is 1. The van der Waals surface area contributed by atoms with Crippen molar-refractivity contribution in [1.29, 1.82) is 0 Å². The van der Waals surface area contributed by atoms with Gasteiger partial charge in [-0.15, -0.1) is 11.3 Å². The van der Waals surface area contributed by atoms with E-state index in [9.17, 15) is 0 Å². The Morgan fingerprint density at radius 2 is 2.23 bits per heavy atom. The molecule has 0 atom stereocenters. The van der Waals surface area contributed by atoms with Crippen LogP contribution in [-0.2, 0) is 11.8 Å². The van der Waals surface area contributed by atoms with Crippen molar-refractivity contribution >= 4 is 11.3 Å². The number of aryl methyl sites for hydroxylation is 2. The molecule has 0 aliphatic heterocycles. The van der Waals surface area contributed by atoms with Gasteiger partial charge < -0.3 is 5.73 Å². The molecule has 1 saturated carbocycles. The molecule has 13 heavy (non-hydrogen) atoms. The van der Waals surface area contributed by atoms with E-state index in [1.54, 1.807) is 0 Å². The summed E-state index contributed by atoms with van der Waals surface area (Å²) >= 11 is 1.86. The summed E-state index contributed by atoms with van der Waals surface area (Å²) in [7, 11) is 0. The molecular weight excluding hydrogens is 180 g/mol. The lowest BCUT2D eigenvalue weighted by atomic mass is 10.0. The lowest BCUT2D eigenvalue weighted by Crippen LogP contribution is -2.19. The summed E-state index contributed by atoms with van der Waals surface area (Å²) in [6.45, 7) is 5.06. The monoisotopic (exact) mass is 196 g/mol. The van der Waals surface area contributed by atoms with Gasteiger partial charge in [0, 0.05) is 16.8 Å². The summed E-state index contributed by atoms with van der Waals surface area (Å²) in [6, 6.07) is 0. The Bertz CT molecular complexity index is 313. The van der Waals surface area contributed by atoms with Crippen LogP contribution in [0.5, 0.6) is 0 Å². The molecule has 0 radical (unpaired) electrons. The molecule has 1 heterocycles. The Balaban J connectivity index is 2.34. The maximum atomic E-state index is 5.80. The average molecular weight is 196 g/mol. The summed E-state index contributed by atoms with van der Waals surface area (Å²) in [5, 5.41) is 1.26. The van der Waals surface area contributed by atoms with Crippen LogP contribution in [0.3, 0.4) is 0 Å². The fourth-order valence-electron chi connectivity index (χ4n) is 1.77. The summed E-state index contributed by atoms with van der Waals surface area (Å²) in [5.41, 5.74) is 7.34. The molecule has 1 aromatic heterocycles. The predicted octanol–water partition coefficient (Wildman–Crippen LogP) is 2.00. The lowest BCUT2D eigenvalue weighted by molar-refractivity contribution is 0.712. The van der Waals surface area contributed by atoms with Gasteiger partial charge in [-0.3, -0.25) is 0 Å². The van der Waals surface area contributed by atoms with Crippen molar-refractivity contribution in [1.82, 2.24) is 4.98 Å². The minimum absolute atomic E-state index is 0.329. The van der Waals surface area contributed by atoms with E-state index in [1.807, 2.05) is 11.3 Å². The number of hydrogen-bond donors (Lipinski definition) is 1. The normalized spacial score (nSPS) is 19.0. The second-order valence-electron chi connectivity index (χ2n) is 3.86. The molecule has 0 saturated heterocycles. The van der Waals surface area contributed by atoms with Crippen LogP contribution in [0.1, 0.15) is 35.3 Å². The van der Waals surface area contributed by atoms with E-state index in [0.29, 0.717) is 5.41 Å². The van der Waals surface area contributed by atoms with Crippen LogP contribution in [0, 0.1) is 6.92 Å². The van der Waals surface area contributed by atoms with E-state index in [4.69, 9.17) is 5.73 Å². The zero-order valence-corrected chi connectivity index (χ0v) is 9.08. The Kier molecular flexibility index (Phi) is 2.16. The maximum Gasteiger partial charge on any atom is 0.0928 e. The van der Waals surface area contributed by atoms with Crippen LogP contribution in [0.15, 0.2) is 0 Å². The molecule has 72 valence electrons. The van der Waals surface area contributed by atoms with Crippen molar-refractivity contribution in [3.8, 4) is 0 Å². The Labute approximate surface area is 83.2 Å². The van der Waals surface area contributed by atoms with Gasteiger partial charge in [-0.2, -0.15) is 0 Å². The Morgan fingerprint density at radius 1 is 1.54 bits per heavy atom. The second kappa shape index (κ2) is 3.07. The SMILES string of the molecule is CCc1nc(C)c(C2(CN)CC2)s1. The zero-order valence-electron chi connectivity index (χ0n) is 8.26. The molecule has 0 spiro atoms. The molecule has 2 N–H and O–H groups in total. The average Bonchev–Trinajstić information content (AvgIpc) is 2.85. The minimum atomic E-state index is 0.329. The molecule has 0 aromatic carbocycles. The summed E-state index contributed by atoms with van der Waals surface area (Å²) in [5.74, 6) is 0. The van der Waals surface area contributed by atoms with Crippen molar-refractivity contribution in [3.63, 3.8) is 0 Å². The Morgan fingerprint density at radius 3 is 2.62 bits per heavy atom. The van der Waals surface area contributed by atoms with Crippen LogP contribution in [0.25, 0.3) is 0 Å². The van der Waals surface area contributed by atoms with Gasteiger partial charge in [0.25, 0.3) is 0 Å². The second-order valence-corrected chi connectivity index (χ2v) is 4.94. The molecule has 2 nitrogen and oxygen atoms in total. The first-order valence-corrected chi connectivity index (χ1v) is 5.70. The van der Waals surface area contributed by atoms with Gasteiger partial charge in [0.15, 0.2) is 0 Å². The first kappa shape index (κ1) is 9.16. The lowest BCUT2D eigenvalue weighted by Gasteiger charge is -2.09. The van der Waals surface area contributed by atoms with Gasteiger partial charge >= 0.3 is 0 Å². The number of nitrogens with zero attached hydrogens (tertiary/aromatic N) is 1. The van der Waals surface area contributed by atoms with Crippen molar-refractivity contribution in [3.05, 3.63) is 15.6 Å². The van der Waals surface area contributed by atoms with Crippen LogP contribution in [0.4, 0.5) is 0 Å². The number of thiazole rings is 1. The topological polar surface area (TPSA) is 38.9 Å². The molecule has 1 aliphatic carbocycles. The summed E-state index contributed by atoms with van der Waals surface area (Å²) < 4.78 is 0. The number of hydrogen-bond acceptors (Lipinski definition) is 3. The third-order valence-electron chi connectivity index (χ3n) is 2.87. The van der Waals surface area contributed by atoms with Crippen LogP contribution in [-0.4, -0.2) is 11.5 Å². The van der Waals surface area contributed by atoms with Gasteiger partial charge in [0.1, 0.15) is 0 Å². The van der Waals surface area contributed by atoms with E-state index in [-0.39, 0.29) is 0 Å². The molecule has 3 heteroatoms. The highest BCUT2D eigenvalue weighted by Crippen LogP contribution is 2.50. The molecule has 1 fully saturated rings. The largest absolute Gasteiger partial charge is 0.330 e. The smallest absolute Gasteiger partial charge is 0.0928 e. The van der Waals surface area contributed by atoms with E-state index in [2.05, 4.69) is 18.8 Å². The van der Waals surface area contributed by atoms with Gasteiger partial charge in [-0.25, -0.2) is 4.98 Å². The molecule has 2 rings (SSSR count). The van der Waals surface area contributed by atoms with Crippen molar-refractivity contribution < 1.29 is 0 Å². The van der Waals surface area contributed by atoms with Gasteiger partial charge in [-0.1, -0.05) is 6.92 Å². The minimum Gasteiger partial charge on any atom is -0.330 e. The molecule has 0 amide bonds. The predicted molar refractivity (Wildman–Crippen MR) is 56.2 cm³/mol. The number of nitrogens with two attached hydrogens (primary N) is 1. The molecule has 0 bridgehead atoms. The molecule has 1 aromatic rings. The quantitative estimate of drug-likeness (QED) is 0.803. The van der Waals surface area contributed by atoms with Gasteiger partial charge in [-0.05, 0) is 26.2 Å². The molecule has 0 unspecified atom stereocenters. The van der Waals surface area contributed by atoms with Crippen molar-refractivity contribution in [2.75, 3.05) is 6.54 Å². The van der Waals surface area contributed by atoms with Gasteiger partial charge in [0.2, 0.25) is 0 Å².